The second kappa shape index (κ2) is 9.69. The summed E-state index contributed by atoms with van der Waals surface area (Å²) in [4.78, 5) is 12.2. The Hall–Kier alpha value is -1.27. The molecule has 6 heteroatoms. The normalized spacial score (nSPS) is 10.6. The van der Waals surface area contributed by atoms with Crippen LogP contribution in [0.15, 0.2) is 16.6 Å². The number of hydrogen-bond acceptors (Lipinski definition) is 4. The number of nitrogens with one attached hydrogen (secondary N) is 1. The van der Waals surface area contributed by atoms with Gasteiger partial charge in [-0.15, -0.1) is 0 Å². The molecule has 1 N–H and O–H groups in total. The second-order valence-corrected chi connectivity index (χ2v) is 5.81. The lowest BCUT2D eigenvalue weighted by Crippen LogP contribution is -2.25. The molecule has 0 saturated heterocycles. The number of benzene rings is 1. The van der Waals surface area contributed by atoms with E-state index in [1.54, 1.807) is 19.2 Å². The minimum atomic E-state index is -0.147. The molecule has 0 heterocycles. The molecule has 0 aliphatic rings. The van der Waals surface area contributed by atoms with Crippen molar-refractivity contribution in [3.63, 3.8) is 0 Å². The maximum absolute atomic E-state index is 12.2. The van der Waals surface area contributed by atoms with Gasteiger partial charge in [0.15, 0.2) is 11.5 Å². The zero-order valence-corrected chi connectivity index (χ0v) is 15.2. The molecule has 0 atom stereocenters. The number of carbonyl (C=O) groups excluding carboxylic acids is 1. The summed E-state index contributed by atoms with van der Waals surface area (Å²) in [5.41, 5.74) is 0.525. The zero-order chi connectivity index (χ0) is 16.5. The monoisotopic (exact) mass is 373 g/mol. The molecule has 0 radical (unpaired) electrons. The molecule has 0 bridgehead atoms. The number of halogens is 1. The Balaban J connectivity index is 2.64. The van der Waals surface area contributed by atoms with E-state index in [9.17, 15) is 4.79 Å². The Bertz CT molecular complexity index is 491. The van der Waals surface area contributed by atoms with Crippen molar-refractivity contribution < 1.29 is 19.0 Å². The summed E-state index contributed by atoms with van der Waals surface area (Å²) in [6.07, 6.45) is 0.987. The number of hydrogen-bond donors (Lipinski definition) is 1. The molecule has 22 heavy (non-hydrogen) atoms. The van der Waals surface area contributed by atoms with Crippen molar-refractivity contribution in [2.24, 2.45) is 0 Å². The van der Waals surface area contributed by atoms with E-state index in [0.717, 1.165) is 6.42 Å². The Morgan fingerprint density at radius 2 is 2.09 bits per heavy atom. The molecule has 0 aliphatic carbocycles. The lowest BCUT2D eigenvalue weighted by molar-refractivity contribution is 0.0757. The predicted molar refractivity (Wildman–Crippen MR) is 89.9 cm³/mol. The van der Waals surface area contributed by atoms with Crippen molar-refractivity contribution in [3.05, 3.63) is 22.2 Å². The highest BCUT2D eigenvalue weighted by Gasteiger charge is 2.15. The highest BCUT2D eigenvalue weighted by molar-refractivity contribution is 9.10. The van der Waals surface area contributed by atoms with Gasteiger partial charge in [0, 0.05) is 18.7 Å². The molecular formula is C16H24BrNO4. The van der Waals surface area contributed by atoms with E-state index in [2.05, 4.69) is 21.2 Å². The molecule has 0 aliphatic heterocycles. The standard InChI is InChI=1S/C16H24BrNO4/c1-5-21-15-13(17)9-12(10-14(15)20-4)16(19)18-7-6-8-22-11(2)3/h9-11H,5-8H2,1-4H3,(H,18,19). The van der Waals surface area contributed by atoms with Crippen LogP contribution in [0.25, 0.3) is 0 Å². The average molecular weight is 374 g/mol. The van der Waals surface area contributed by atoms with Gasteiger partial charge >= 0.3 is 0 Å². The van der Waals surface area contributed by atoms with Crippen molar-refractivity contribution in [2.75, 3.05) is 26.9 Å². The van der Waals surface area contributed by atoms with Gasteiger partial charge in [0.25, 0.3) is 5.91 Å². The first-order chi connectivity index (χ1) is 10.5. The third-order valence-corrected chi connectivity index (χ3v) is 3.43. The Morgan fingerprint density at radius 1 is 1.36 bits per heavy atom. The van der Waals surface area contributed by atoms with Gasteiger partial charge in [-0.3, -0.25) is 4.79 Å². The van der Waals surface area contributed by atoms with E-state index in [4.69, 9.17) is 14.2 Å². The van der Waals surface area contributed by atoms with Crippen LogP contribution in [0.2, 0.25) is 0 Å². The lowest BCUT2D eigenvalue weighted by Gasteiger charge is -2.13. The van der Waals surface area contributed by atoms with Crippen LogP contribution in [0.5, 0.6) is 11.5 Å². The van der Waals surface area contributed by atoms with Gasteiger partial charge in [-0.25, -0.2) is 0 Å². The van der Waals surface area contributed by atoms with Gasteiger partial charge in [-0.05, 0) is 55.3 Å². The van der Waals surface area contributed by atoms with Crippen molar-refractivity contribution >= 4 is 21.8 Å². The predicted octanol–water partition coefficient (Wildman–Crippen LogP) is 3.40. The topological polar surface area (TPSA) is 56.8 Å². The third-order valence-electron chi connectivity index (χ3n) is 2.84. The fraction of sp³-hybridized carbons (Fsp3) is 0.562. The minimum Gasteiger partial charge on any atom is -0.493 e. The summed E-state index contributed by atoms with van der Waals surface area (Å²) in [6.45, 7) is 7.60. The number of ether oxygens (including phenoxy) is 3. The van der Waals surface area contributed by atoms with Crippen LogP contribution < -0.4 is 14.8 Å². The smallest absolute Gasteiger partial charge is 0.251 e. The summed E-state index contributed by atoms with van der Waals surface area (Å²) in [5, 5.41) is 2.87. The molecule has 0 aromatic heterocycles. The number of carbonyl (C=O) groups is 1. The Labute approximate surface area is 140 Å². The summed E-state index contributed by atoms with van der Waals surface area (Å²) >= 11 is 3.41. The zero-order valence-electron chi connectivity index (χ0n) is 13.6. The van der Waals surface area contributed by atoms with E-state index in [-0.39, 0.29) is 12.0 Å². The van der Waals surface area contributed by atoms with E-state index in [1.165, 1.54) is 0 Å². The summed E-state index contributed by atoms with van der Waals surface area (Å²) in [6, 6.07) is 3.41. The van der Waals surface area contributed by atoms with Crippen LogP contribution in [0.1, 0.15) is 37.6 Å². The molecule has 124 valence electrons. The Morgan fingerprint density at radius 3 is 2.68 bits per heavy atom. The van der Waals surface area contributed by atoms with Crippen LogP contribution >= 0.6 is 15.9 Å². The van der Waals surface area contributed by atoms with Crippen LogP contribution in [-0.4, -0.2) is 38.9 Å². The van der Waals surface area contributed by atoms with Gasteiger partial charge in [-0.1, -0.05) is 0 Å². The third kappa shape index (κ3) is 5.85. The largest absolute Gasteiger partial charge is 0.493 e. The minimum absolute atomic E-state index is 0.147. The van der Waals surface area contributed by atoms with E-state index in [0.29, 0.717) is 41.3 Å². The lowest BCUT2D eigenvalue weighted by atomic mass is 10.2. The van der Waals surface area contributed by atoms with Crippen LogP contribution in [0.4, 0.5) is 0 Å². The summed E-state index contributed by atoms with van der Waals surface area (Å²) < 4.78 is 16.9. The number of amides is 1. The molecule has 5 nitrogen and oxygen atoms in total. The molecule has 0 saturated carbocycles. The van der Waals surface area contributed by atoms with E-state index in [1.807, 2.05) is 20.8 Å². The summed E-state index contributed by atoms with van der Waals surface area (Å²) in [7, 11) is 1.55. The van der Waals surface area contributed by atoms with Crippen LogP contribution in [0.3, 0.4) is 0 Å². The SMILES string of the molecule is CCOc1c(Br)cc(C(=O)NCCCOC(C)C)cc1OC. The molecule has 1 aromatic carbocycles. The fourth-order valence-corrected chi connectivity index (χ4v) is 2.39. The van der Waals surface area contributed by atoms with Crippen molar-refractivity contribution in [1.82, 2.24) is 5.32 Å². The first kappa shape index (κ1) is 18.8. The number of rotatable bonds is 9. The van der Waals surface area contributed by atoms with Crippen LogP contribution in [0, 0.1) is 0 Å². The van der Waals surface area contributed by atoms with Gasteiger partial charge in [0.05, 0.1) is 24.3 Å². The summed E-state index contributed by atoms with van der Waals surface area (Å²) in [5.74, 6) is 0.989. The van der Waals surface area contributed by atoms with Crippen molar-refractivity contribution in [2.45, 2.75) is 33.3 Å². The highest BCUT2D eigenvalue weighted by atomic mass is 79.9. The molecular weight excluding hydrogens is 350 g/mol. The Kier molecular flexibility index (Phi) is 8.27. The first-order valence-corrected chi connectivity index (χ1v) is 8.19. The molecule has 1 aromatic rings. The van der Waals surface area contributed by atoms with Gasteiger partial charge in [0.2, 0.25) is 0 Å². The molecule has 1 amide bonds. The highest BCUT2D eigenvalue weighted by Crippen LogP contribution is 2.36. The quantitative estimate of drug-likeness (QED) is 0.673. The van der Waals surface area contributed by atoms with Gasteiger partial charge in [-0.2, -0.15) is 0 Å². The molecule has 0 unspecified atom stereocenters. The number of methoxy groups -OCH3 is 1. The maximum atomic E-state index is 12.2. The van der Waals surface area contributed by atoms with Gasteiger partial charge < -0.3 is 19.5 Å². The molecule has 1 rings (SSSR count). The van der Waals surface area contributed by atoms with Crippen LogP contribution in [-0.2, 0) is 4.74 Å². The second-order valence-electron chi connectivity index (χ2n) is 4.95. The fourth-order valence-electron chi connectivity index (χ4n) is 1.83. The maximum Gasteiger partial charge on any atom is 0.251 e. The van der Waals surface area contributed by atoms with Gasteiger partial charge in [0.1, 0.15) is 0 Å². The first-order valence-electron chi connectivity index (χ1n) is 7.39. The van der Waals surface area contributed by atoms with E-state index >= 15 is 0 Å². The van der Waals surface area contributed by atoms with E-state index < -0.39 is 0 Å². The average Bonchev–Trinajstić information content (AvgIpc) is 2.48. The van der Waals surface area contributed by atoms with Crippen molar-refractivity contribution in [3.8, 4) is 11.5 Å². The molecule has 0 fully saturated rings. The molecule has 0 spiro atoms. The van der Waals surface area contributed by atoms with Crippen molar-refractivity contribution in [1.29, 1.82) is 0 Å².